The second-order valence-electron chi connectivity index (χ2n) is 5.48. The van der Waals surface area contributed by atoms with Crippen LogP contribution in [-0.4, -0.2) is 35.2 Å². The summed E-state index contributed by atoms with van der Waals surface area (Å²) in [5, 5.41) is 9.39. The molecule has 0 unspecified atom stereocenters. The minimum atomic E-state index is -0.957. The van der Waals surface area contributed by atoms with E-state index in [9.17, 15) is 14.7 Å². The summed E-state index contributed by atoms with van der Waals surface area (Å²) >= 11 is 0. The average Bonchev–Trinajstić information content (AvgIpc) is 2.99. The van der Waals surface area contributed by atoms with Gasteiger partial charge in [0.25, 0.3) is 0 Å². The third kappa shape index (κ3) is 4.79. The second kappa shape index (κ2) is 8.87. The van der Waals surface area contributed by atoms with Gasteiger partial charge in [-0.3, -0.25) is 4.90 Å². The Labute approximate surface area is 144 Å². The number of aliphatic carboxylic acids is 1. The minimum Gasteiger partial charge on any atom is -1.00 e. The number of carbonyl (C=O) groups excluding carboxylic acids is 1. The van der Waals surface area contributed by atoms with Gasteiger partial charge in [-0.1, -0.05) is 43.2 Å². The van der Waals surface area contributed by atoms with E-state index in [4.69, 9.17) is 4.74 Å². The molecular formula is C16H22LiNO4. The summed E-state index contributed by atoms with van der Waals surface area (Å²) in [7, 11) is 1.50. The molecule has 1 aliphatic rings. The van der Waals surface area contributed by atoms with E-state index < -0.39 is 18.1 Å². The molecule has 2 rings (SSSR count). The van der Waals surface area contributed by atoms with E-state index in [1.807, 2.05) is 30.3 Å². The zero-order valence-corrected chi connectivity index (χ0v) is 13.2. The van der Waals surface area contributed by atoms with Gasteiger partial charge in [-0.25, -0.2) is 9.59 Å². The molecule has 116 valence electrons. The third-order valence-corrected chi connectivity index (χ3v) is 4.01. The van der Waals surface area contributed by atoms with Crippen LogP contribution in [0.5, 0.6) is 0 Å². The van der Waals surface area contributed by atoms with Crippen molar-refractivity contribution in [1.29, 1.82) is 0 Å². The Balaban J connectivity index is 0.00000242. The summed E-state index contributed by atoms with van der Waals surface area (Å²) in [5.74, 6) is -0.933. The summed E-state index contributed by atoms with van der Waals surface area (Å²) in [4.78, 5) is 24.7. The van der Waals surface area contributed by atoms with Crippen molar-refractivity contribution in [3.63, 3.8) is 0 Å². The second-order valence-corrected chi connectivity index (χ2v) is 5.48. The van der Waals surface area contributed by atoms with Crippen LogP contribution in [-0.2, 0) is 16.1 Å². The molecule has 1 aromatic carbocycles. The van der Waals surface area contributed by atoms with Crippen molar-refractivity contribution in [1.82, 2.24) is 4.90 Å². The molecule has 6 heteroatoms. The number of carboxylic acid groups (broad SMARTS) is 1. The van der Waals surface area contributed by atoms with E-state index in [1.54, 1.807) is 0 Å². The van der Waals surface area contributed by atoms with Gasteiger partial charge in [-0.15, -0.1) is 0 Å². The molecule has 1 amide bonds. The smallest absolute Gasteiger partial charge is 1.00 e. The Kier molecular flexibility index (Phi) is 7.50. The van der Waals surface area contributed by atoms with Crippen molar-refractivity contribution < 1.29 is 39.7 Å². The maximum absolute atomic E-state index is 12.1. The molecule has 1 aromatic rings. The molecule has 1 saturated carbocycles. The Morgan fingerprint density at radius 1 is 1.32 bits per heavy atom. The third-order valence-electron chi connectivity index (χ3n) is 4.01. The number of ether oxygens (including phenoxy) is 1. The number of hydrogen-bond acceptors (Lipinski definition) is 3. The molecule has 1 atom stereocenters. The first-order valence-electron chi connectivity index (χ1n) is 7.26. The van der Waals surface area contributed by atoms with Gasteiger partial charge in [0, 0.05) is 7.05 Å². The van der Waals surface area contributed by atoms with Crippen molar-refractivity contribution in [3.05, 3.63) is 35.9 Å². The van der Waals surface area contributed by atoms with Gasteiger partial charge < -0.3 is 11.3 Å². The van der Waals surface area contributed by atoms with Crippen molar-refractivity contribution >= 4 is 12.1 Å². The van der Waals surface area contributed by atoms with Crippen LogP contribution >= 0.6 is 0 Å². The van der Waals surface area contributed by atoms with Crippen LogP contribution in [0, 0.1) is 5.92 Å². The van der Waals surface area contributed by atoms with Gasteiger partial charge >= 0.3 is 30.9 Å². The number of nitrogens with zero attached hydrogens (tertiary/aromatic N) is 1. The first kappa shape index (κ1) is 18.6. The molecule has 0 radical (unpaired) electrons. The number of benzene rings is 1. The van der Waals surface area contributed by atoms with Gasteiger partial charge in [-0.2, -0.15) is 0 Å². The number of amides is 1. The first-order chi connectivity index (χ1) is 10.1. The molecular weight excluding hydrogens is 277 g/mol. The molecule has 0 spiro atoms. The van der Waals surface area contributed by atoms with Crippen molar-refractivity contribution in [2.45, 2.75) is 38.3 Å². The van der Waals surface area contributed by atoms with Crippen LogP contribution in [0.3, 0.4) is 0 Å². The first-order valence-corrected chi connectivity index (χ1v) is 7.26. The van der Waals surface area contributed by atoms with Crippen LogP contribution < -0.4 is 18.9 Å². The molecule has 0 aliphatic heterocycles. The van der Waals surface area contributed by atoms with Crippen LogP contribution in [0.15, 0.2) is 30.3 Å². The van der Waals surface area contributed by atoms with E-state index in [2.05, 4.69) is 0 Å². The standard InChI is InChI=1S/C16H21NO4.Li.H/c1-17(14(15(18)19)13-9-5-6-10-13)16(20)21-11-12-7-3-2-4-8-12;;/h2-4,7-8,13-14H,5-6,9-11H2,1H3,(H,18,19);;/q;+1;-1/t14-;;/m0../s1. The fourth-order valence-corrected chi connectivity index (χ4v) is 2.89. The van der Waals surface area contributed by atoms with Gasteiger partial charge in [0.1, 0.15) is 12.6 Å². The SMILES string of the molecule is CN(C(=O)OCc1ccccc1)[C@H](C(=O)O)C1CCCC1.[H-].[Li+]. The van der Waals surface area contributed by atoms with Crippen molar-refractivity contribution in [2.75, 3.05) is 7.05 Å². The zero-order chi connectivity index (χ0) is 15.2. The number of hydrogen-bond donors (Lipinski definition) is 1. The predicted molar refractivity (Wildman–Crippen MR) is 78.9 cm³/mol. The van der Waals surface area contributed by atoms with Crippen LogP contribution in [0.25, 0.3) is 0 Å². The van der Waals surface area contributed by atoms with Crippen LogP contribution in [0.4, 0.5) is 4.79 Å². The Hall–Kier alpha value is -1.44. The Morgan fingerprint density at radius 3 is 2.45 bits per heavy atom. The summed E-state index contributed by atoms with van der Waals surface area (Å²) in [6.45, 7) is 0.154. The predicted octanol–water partition coefficient (Wildman–Crippen LogP) is 0.0149. The summed E-state index contributed by atoms with van der Waals surface area (Å²) in [6, 6.07) is 8.54. The molecule has 1 N–H and O–H groups in total. The molecule has 1 fully saturated rings. The number of carboxylic acids is 1. The molecule has 0 saturated heterocycles. The topological polar surface area (TPSA) is 66.8 Å². The number of carbonyl (C=O) groups is 2. The van der Waals surface area contributed by atoms with E-state index in [1.165, 1.54) is 11.9 Å². The van der Waals surface area contributed by atoms with Crippen LogP contribution in [0.1, 0.15) is 32.7 Å². The Morgan fingerprint density at radius 2 is 1.91 bits per heavy atom. The molecule has 22 heavy (non-hydrogen) atoms. The minimum absolute atomic E-state index is 0. The summed E-state index contributed by atoms with van der Waals surface area (Å²) in [5.41, 5.74) is 0.881. The molecule has 5 nitrogen and oxygen atoms in total. The van der Waals surface area contributed by atoms with Crippen molar-refractivity contribution in [2.24, 2.45) is 5.92 Å². The average molecular weight is 299 g/mol. The Bertz CT molecular complexity index is 494. The molecule has 0 aromatic heterocycles. The van der Waals surface area contributed by atoms with E-state index >= 15 is 0 Å². The van der Waals surface area contributed by atoms with E-state index in [-0.39, 0.29) is 32.8 Å². The maximum Gasteiger partial charge on any atom is 1.00 e. The number of rotatable bonds is 5. The largest absolute Gasteiger partial charge is 1.00 e. The van der Waals surface area contributed by atoms with Gasteiger partial charge in [0.2, 0.25) is 0 Å². The summed E-state index contributed by atoms with van der Waals surface area (Å²) in [6.07, 6.45) is 3.18. The van der Waals surface area contributed by atoms with Gasteiger partial charge in [0.05, 0.1) is 0 Å². The quantitative estimate of drug-likeness (QED) is 0.778. The zero-order valence-electron chi connectivity index (χ0n) is 14.2. The van der Waals surface area contributed by atoms with Crippen molar-refractivity contribution in [3.8, 4) is 0 Å². The molecule has 0 bridgehead atoms. The fourth-order valence-electron chi connectivity index (χ4n) is 2.89. The number of likely N-dealkylation sites (N-methyl/N-ethyl adjacent to an activating group) is 1. The fraction of sp³-hybridized carbons (Fsp3) is 0.500. The maximum atomic E-state index is 12.1. The van der Waals surface area contributed by atoms with Crippen LogP contribution in [0.2, 0.25) is 0 Å². The monoisotopic (exact) mass is 299 g/mol. The normalized spacial score (nSPS) is 15.7. The molecule has 1 aliphatic carbocycles. The molecule has 0 heterocycles. The van der Waals surface area contributed by atoms with Gasteiger partial charge in [0.15, 0.2) is 0 Å². The van der Waals surface area contributed by atoms with E-state index in [0.29, 0.717) is 0 Å². The summed E-state index contributed by atoms with van der Waals surface area (Å²) < 4.78 is 5.20. The van der Waals surface area contributed by atoms with Gasteiger partial charge in [-0.05, 0) is 24.3 Å². The van der Waals surface area contributed by atoms with E-state index in [0.717, 1.165) is 31.2 Å².